The van der Waals surface area contributed by atoms with Crippen LogP contribution in [0.15, 0.2) is 6.07 Å². The predicted octanol–water partition coefficient (Wildman–Crippen LogP) is 1.44. The van der Waals surface area contributed by atoms with Gasteiger partial charge in [-0.3, -0.25) is 0 Å². The molecule has 14 heavy (non-hydrogen) atoms. The van der Waals surface area contributed by atoms with E-state index in [9.17, 15) is 5.11 Å². The van der Waals surface area contributed by atoms with E-state index in [1.807, 2.05) is 6.07 Å². The van der Waals surface area contributed by atoms with Crippen LogP contribution in [0.5, 0.6) is 0 Å². The average molecular weight is 213 g/mol. The second-order valence-electron chi connectivity index (χ2n) is 3.77. The number of aliphatic hydroxyl groups is 1. The van der Waals surface area contributed by atoms with Gasteiger partial charge in [-0.05, 0) is 37.2 Å². The van der Waals surface area contributed by atoms with Gasteiger partial charge in [0.1, 0.15) is 10.8 Å². The minimum absolute atomic E-state index is 0.0976. The van der Waals surface area contributed by atoms with Gasteiger partial charge >= 0.3 is 0 Å². The first-order valence-corrected chi connectivity index (χ1v) is 5.68. The molecule has 1 heterocycles. The van der Waals surface area contributed by atoms with Crippen LogP contribution in [-0.2, 0) is 0 Å². The molecule has 0 aliphatic heterocycles. The predicted molar refractivity (Wildman–Crippen MR) is 58.4 cm³/mol. The molecule has 0 atom stereocenters. The number of hydrogen-bond donors (Lipinski definition) is 3. The van der Waals surface area contributed by atoms with Crippen LogP contribution in [0.3, 0.4) is 0 Å². The van der Waals surface area contributed by atoms with Crippen molar-refractivity contribution >= 4 is 22.4 Å². The van der Waals surface area contributed by atoms with Gasteiger partial charge in [-0.2, -0.15) is 4.37 Å². The first kappa shape index (κ1) is 9.73. The summed E-state index contributed by atoms with van der Waals surface area (Å²) in [7, 11) is 0. The summed E-state index contributed by atoms with van der Waals surface area (Å²) in [5.74, 6) is 0.577. The highest BCUT2D eigenvalue weighted by atomic mass is 32.1. The molecule has 1 aliphatic rings. The van der Waals surface area contributed by atoms with Crippen LogP contribution >= 0.6 is 11.5 Å². The van der Waals surface area contributed by atoms with Crippen LogP contribution in [0, 0.1) is 0 Å². The summed E-state index contributed by atoms with van der Waals surface area (Å²) in [5, 5.41) is 13.8. The smallest absolute Gasteiger partial charge is 0.139 e. The lowest BCUT2D eigenvalue weighted by Crippen LogP contribution is -2.27. The fourth-order valence-corrected chi connectivity index (χ4v) is 2.43. The zero-order valence-corrected chi connectivity index (χ0v) is 8.76. The number of nitrogens with two attached hydrogens (primary N) is 1. The van der Waals surface area contributed by atoms with Crippen LogP contribution in [0.25, 0.3) is 0 Å². The number of rotatable bonds is 2. The number of aliphatic hydroxyl groups excluding tert-OH is 1. The number of nitrogens with one attached hydrogen (secondary N) is 1. The van der Waals surface area contributed by atoms with E-state index in [-0.39, 0.29) is 6.10 Å². The number of hydrogen-bond acceptors (Lipinski definition) is 5. The lowest BCUT2D eigenvalue weighted by Gasteiger charge is -2.26. The van der Waals surface area contributed by atoms with E-state index < -0.39 is 0 Å². The summed E-state index contributed by atoms with van der Waals surface area (Å²) in [6, 6.07) is 2.33. The summed E-state index contributed by atoms with van der Waals surface area (Å²) in [4.78, 5) is 0. The van der Waals surface area contributed by atoms with Crippen molar-refractivity contribution in [2.75, 3.05) is 11.1 Å². The molecule has 1 aromatic rings. The summed E-state index contributed by atoms with van der Waals surface area (Å²) in [6.07, 6.45) is 3.75. The van der Waals surface area contributed by atoms with E-state index in [1.165, 1.54) is 11.5 Å². The lowest BCUT2D eigenvalue weighted by molar-refractivity contribution is 0.126. The fourth-order valence-electron chi connectivity index (χ4n) is 1.78. The summed E-state index contributed by atoms with van der Waals surface area (Å²) < 4.78 is 4.00. The standard InChI is InChI=1S/C9H15N3OS/c10-8-5-9(14-12-8)11-6-1-3-7(13)4-2-6/h5-7,11,13H,1-4H2,(H2,10,12). The highest BCUT2D eigenvalue weighted by molar-refractivity contribution is 7.10. The maximum absolute atomic E-state index is 9.34. The molecule has 4 nitrogen and oxygen atoms in total. The molecular weight excluding hydrogens is 198 g/mol. The highest BCUT2D eigenvalue weighted by Gasteiger charge is 2.19. The summed E-state index contributed by atoms with van der Waals surface area (Å²) >= 11 is 1.40. The molecule has 0 aromatic carbocycles. The molecule has 2 rings (SSSR count). The Morgan fingerprint density at radius 1 is 1.43 bits per heavy atom. The molecule has 5 heteroatoms. The molecule has 1 saturated carbocycles. The van der Waals surface area contributed by atoms with E-state index in [4.69, 9.17) is 5.73 Å². The van der Waals surface area contributed by atoms with Crippen molar-refractivity contribution in [1.82, 2.24) is 4.37 Å². The molecule has 0 amide bonds. The molecule has 1 aliphatic carbocycles. The zero-order valence-electron chi connectivity index (χ0n) is 7.94. The largest absolute Gasteiger partial charge is 0.393 e. The van der Waals surface area contributed by atoms with Gasteiger partial charge in [-0.15, -0.1) is 0 Å². The van der Waals surface area contributed by atoms with Crippen molar-refractivity contribution in [2.45, 2.75) is 37.8 Å². The molecule has 1 fully saturated rings. The van der Waals surface area contributed by atoms with Gasteiger partial charge in [-0.25, -0.2) is 0 Å². The van der Waals surface area contributed by atoms with Crippen molar-refractivity contribution < 1.29 is 5.11 Å². The molecule has 78 valence electrons. The third kappa shape index (κ3) is 2.36. The Hall–Kier alpha value is -0.810. The minimum Gasteiger partial charge on any atom is -0.393 e. The van der Waals surface area contributed by atoms with Crippen molar-refractivity contribution in [3.05, 3.63) is 6.07 Å². The Kier molecular flexibility index (Phi) is 2.88. The van der Waals surface area contributed by atoms with E-state index in [2.05, 4.69) is 9.69 Å². The van der Waals surface area contributed by atoms with Crippen molar-refractivity contribution in [3.63, 3.8) is 0 Å². The SMILES string of the molecule is Nc1cc(NC2CCC(O)CC2)sn1. The van der Waals surface area contributed by atoms with Gasteiger partial charge < -0.3 is 16.2 Å². The Labute approximate surface area is 87.3 Å². The van der Waals surface area contributed by atoms with Gasteiger partial charge in [0.05, 0.1) is 6.10 Å². The van der Waals surface area contributed by atoms with Gasteiger partial charge in [0.15, 0.2) is 0 Å². The number of nitrogen functional groups attached to an aromatic ring is 1. The highest BCUT2D eigenvalue weighted by Crippen LogP contribution is 2.25. The van der Waals surface area contributed by atoms with Gasteiger partial charge in [-0.1, -0.05) is 0 Å². The second-order valence-corrected chi connectivity index (χ2v) is 4.57. The van der Waals surface area contributed by atoms with Crippen LogP contribution in [0.2, 0.25) is 0 Å². The number of aromatic nitrogens is 1. The van der Waals surface area contributed by atoms with Crippen LogP contribution < -0.4 is 11.1 Å². The van der Waals surface area contributed by atoms with Crippen LogP contribution in [0.4, 0.5) is 10.8 Å². The number of nitrogens with zero attached hydrogens (tertiary/aromatic N) is 1. The second kappa shape index (κ2) is 4.14. The van der Waals surface area contributed by atoms with Crippen molar-refractivity contribution in [3.8, 4) is 0 Å². The Morgan fingerprint density at radius 3 is 2.71 bits per heavy atom. The summed E-state index contributed by atoms with van der Waals surface area (Å²) in [5.41, 5.74) is 5.53. The quantitative estimate of drug-likeness (QED) is 0.695. The first-order chi connectivity index (χ1) is 6.74. The lowest BCUT2D eigenvalue weighted by atomic mass is 9.93. The topological polar surface area (TPSA) is 71.2 Å². The molecule has 0 bridgehead atoms. The van der Waals surface area contributed by atoms with E-state index >= 15 is 0 Å². The van der Waals surface area contributed by atoms with Gasteiger partial charge in [0, 0.05) is 12.1 Å². The Bertz CT molecular complexity index is 294. The first-order valence-electron chi connectivity index (χ1n) is 4.91. The monoisotopic (exact) mass is 213 g/mol. The number of anilines is 2. The average Bonchev–Trinajstić information content (AvgIpc) is 2.56. The normalized spacial score (nSPS) is 27.5. The summed E-state index contributed by atoms with van der Waals surface area (Å²) in [6.45, 7) is 0. The Balaban J connectivity index is 1.86. The van der Waals surface area contributed by atoms with Crippen molar-refractivity contribution in [2.24, 2.45) is 0 Å². The van der Waals surface area contributed by atoms with Crippen molar-refractivity contribution in [1.29, 1.82) is 0 Å². The van der Waals surface area contributed by atoms with Gasteiger partial charge in [0.2, 0.25) is 0 Å². The molecule has 0 spiro atoms. The third-order valence-corrected chi connectivity index (χ3v) is 3.31. The maximum Gasteiger partial charge on any atom is 0.139 e. The molecule has 0 unspecified atom stereocenters. The molecule has 1 aromatic heterocycles. The third-order valence-electron chi connectivity index (χ3n) is 2.57. The molecule has 0 radical (unpaired) electrons. The van der Waals surface area contributed by atoms with Crippen LogP contribution in [0.1, 0.15) is 25.7 Å². The van der Waals surface area contributed by atoms with E-state index in [0.717, 1.165) is 30.7 Å². The molecule has 0 saturated heterocycles. The molecule has 4 N–H and O–H groups in total. The maximum atomic E-state index is 9.34. The van der Waals surface area contributed by atoms with Crippen LogP contribution in [-0.4, -0.2) is 21.6 Å². The molecular formula is C9H15N3OS. The van der Waals surface area contributed by atoms with E-state index in [1.54, 1.807) is 0 Å². The Morgan fingerprint density at radius 2 is 2.14 bits per heavy atom. The zero-order chi connectivity index (χ0) is 9.97. The van der Waals surface area contributed by atoms with Gasteiger partial charge in [0.25, 0.3) is 0 Å². The fraction of sp³-hybridized carbons (Fsp3) is 0.667. The minimum atomic E-state index is -0.0976. The van der Waals surface area contributed by atoms with E-state index in [0.29, 0.717) is 11.9 Å².